The second-order valence-corrected chi connectivity index (χ2v) is 6.57. The van der Waals surface area contributed by atoms with Gasteiger partial charge in [0, 0.05) is 12.8 Å². The smallest absolute Gasteiger partial charge is 0.327 e. The fourth-order valence-corrected chi connectivity index (χ4v) is 3.73. The Hall–Kier alpha value is -1.55. The number of terminal acetylenes is 1. The van der Waals surface area contributed by atoms with Gasteiger partial charge in [0.05, 0.1) is 11.5 Å². The zero-order valence-electron chi connectivity index (χ0n) is 9.76. The number of nitrogens with one attached hydrogen (secondary N) is 1. The summed E-state index contributed by atoms with van der Waals surface area (Å²) in [6, 6.07) is -1.11. The Morgan fingerprint density at radius 2 is 2.17 bits per heavy atom. The van der Waals surface area contributed by atoms with E-state index in [1.54, 1.807) is 0 Å². The minimum absolute atomic E-state index is 0.00665. The Labute approximate surface area is 106 Å². The Balaban J connectivity index is 2.47. The van der Waals surface area contributed by atoms with Gasteiger partial charge in [0.2, 0.25) is 5.91 Å². The van der Waals surface area contributed by atoms with Crippen LogP contribution < -0.4 is 5.32 Å². The normalized spacial score (nSPS) is 22.9. The molecule has 1 rings (SSSR count). The number of carbonyl (C=O) groups is 2. The first-order valence-corrected chi connectivity index (χ1v) is 7.32. The zero-order chi connectivity index (χ0) is 13.8. The molecule has 1 heterocycles. The number of aliphatic carboxylic acids is 1. The average Bonchev–Trinajstić information content (AvgIpc) is 2.57. The molecule has 1 saturated heterocycles. The van der Waals surface area contributed by atoms with Crippen molar-refractivity contribution in [1.29, 1.82) is 0 Å². The Kier molecular flexibility index (Phi) is 4.73. The number of amides is 1. The molecule has 2 atom stereocenters. The number of carbonyl (C=O) groups excluding carboxylic acids is 1. The molecule has 0 aromatic heterocycles. The minimum Gasteiger partial charge on any atom is -0.480 e. The number of hydrogen-bond donors (Lipinski definition) is 2. The summed E-state index contributed by atoms with van der Waals surface area (Å²) in [6.45, 7) is 0. The maximum Gasteiger partial charge on any atom is 0.327 e. The molecule has 0 aliphatic carbocycles. The maximum atomic E-state index is 11.6. The van der Waals surface area contributed by atoms with Gasteiger partial charge in [0.15, 0.2) is 9.84 Å². The molecule has 0 bridgehead atoms. The number of carboxylic acid groups (broad SMARTS) is 1. The third-order valence-electron chi connectivity index (χ3n) is 2.76. The summed E-state index contributed by atoms with van der Waals surface area (Å²) in [4.78, 5) is 22.3. The average molecular weight is 273 g/mol. The summed E-state index contributed by atoms with van der Waals surface area (Å²) < 4.78 is 22.4. The Morgan fingerprint density at radius 3 is 2.61 bits per heavy atom. The summed E-state index contributed by atoms with van der Waals surface area (Å²) in [5, 5.41) is 11.1. The van der Waals surface area contributed by atoms with Gasteiger partial charge in [-0.2, -0.15) is 0 Å². The van der Waals surface area contributed by atoms with E-state index in [1.165, 1.54) is 0 Å². The molecule has 0 aromatic carbocycles. The molecule has 1 aliphatic heterocycles. The predicted octanol–water partition coefficient (Wildman–Crippen LogP) is -0.596. The standard InChI is InChI=1S/C11H15NO5S/c1-2-3-9(11(14)15)12-10(13)6-8-4-5-18(16,17)7-8/h1,8-9H,3-7H2,(H,12,13)(H,14,15). The Bertz CT molecular complexity index is 476. The second kappa shape index (κ2) is 5.87. The highest BCUT2D eigenvalue weighted by Gasteiger charge is 2.30. The SMILES string of the molecule is C#CCC(NC(=O)CC1CCS(=O)(=O)C1)C(=O)O. The molecule has 0 spiro atoms. The van der Waals surface area contributed by atoms with Gasteiger partial charge in [0.1, 0.15) is 6.04 Å². The highest BCUT2D eigenvalue weighted by molar-refractivity contribution is 7.91. The number of rotatable bonds is 5. The van der Waals surface area contributed by atoms with Crippen molar-refractivity contribution >= 4 is 21.7 Å². The molecule has 2 N–H and O–H groups in total. The van der Waals surface area contributed by atoms with E-state index in [0.717, 1.165) is 0 Å². The van der Waals surface area contributed by atoms with Crippen molar-refractivity contribution in [2.75, 3.05) is 11.5 Å². The summed E-state index contributed by atoms with van der Waals surface area (Å²) in [6.07, 6.45) is 5.37. The summed E-state index contributed by atoms with van der Waals surface area (Å²) in [5.74, 6) is 0.365. The van der Waals surface area contributed by atoms with Crippen molar-refractivity contribution in [2.24, 2.45) is 5.92 Å². The fourth-order valence-electron chi connectivity index (χ4n) is 1.87. The first-order chi connectivity index (χ1) is 8.34. The van der Waals surface area contributed by atoms with Crippen molar-refractivity contribution in [3.05, 3.63) is 0 Å². The number of hydrogen-bond acceptors (Lipinski definition) is 4. The van der Waals surface area contributed by atoms with E-state index in [9.17, 15) is 18.0 Å². The number of carboxylic acids is 1. The quantitative estimate of drug-likeness (QED) is 0.652. The largest absolute Gasteiger partial charge is 0.480 e. The molecule has 6 nitrogen and oxygen atoms in total. The molecule has 1 fully saturated rings. The van der Waals surface area contributed by atoms with Crippen LogP contribution in [0.5, 0.6) is 0 Å². The van der Waals surface area contributed by atoms with Crippen LogP contribution in [0.25, 0.3) is 0 Å². The highest BCUT2D eigenvalue weighted by Crippen LogP contribution is 2.21. The number of sulfone groups is 1. The first kappa shape index (κ1) is 14.5. The van der Waals surface area contributed by atoms with Crippen LogP contribution in [0.4, 0.5) is 0 Å². The third kappa shape index (κ3) is 4.37. The van der Waals surface area contributed by atoms with Crippen LogP contribution in [-0.2, 0) is 19.4 Å². The van der Waals surface area contributed by atoms with Crippen molar-refractivity contribution in [3.8, 4) is 12.3 Å². The molecule has 100 valence electrons. The van der Waals surface area contributed by atoms with Crippen LogP contribution in [0, 0.1) is 18.3 Å². The topological polar surface area (TPSA) is 101 Å². The van der Waals surface area contributed by atoms with Crippen LogP contribution in [0.2, 0.25) is 0 Å². The summed E-state index contributed by atoms with van der Waals surface area (Å²) in [5.41, 5.74) is 0. The molecule has 2 unspecified atom stereocenters. The van der Waals surface area contributed by atoms with Crippen molar-refractivity contribution in [2.45, 2.75) is 25.3 Å². The van der Waals surface area contributed by atoms with Crippen LogP contribution in [0.15, 0.2) is 0 Å². The van der Waals surface area contributed by atoms with Crippen molar-refractivity contribution in [3.63, 3.8) is 0 Å². The molecular formula is C11H15NO5S. The maximum absolute atomic E-state index is 11.6. The van der Waals surface area contributed by atoms with E-state index in [2.05, 4.69) is 11.2 Å². The monoisotopic (exact) mass is 273 g/mol. The predicted molar refractivity (Wildman–Crippen MR) is 64.4 cm³/mol. The van der Waals surface area contributed by atoms with E-state index in [4.69, 9.17) is 11.5 Å². The van der Waals surface area contributed by atoms with E-state index in [1.807, 2.05) is 0 Å². The van der Waals surface area contributed by atoms with Gasteiger partial charge in [-0.15, -0.1) is 12.3 Å². The molecule has 1 aliphatic rings. The van der Waals surface area contributed by atoms with E-state index in [-0.39, 0.29) is 30.3 Å². The van der Waals surface area contributed by atoms with E-state index in [0.29, 0.717) is 6.42 Å². The molecule has 0 radical (unpaired) electrons. The first-order valence-electron chi connectivity index (χ1n) is 5.50. The van der Waals surface area contributed by atoms with E-state index >= 15 is 0 Å². The molecule has 7 heteroatoms. The fraction of sp³-hybridized carbons (Fsp3) is 0.636. The summed E-state index contributed by atoms with van der Waals surface area (Å²) >= 11 is 0. The molecule has 0 saturated carbocycles. The molecular weight excluding hydrogens is 258 g/mol. The third-order valence-corrected chi connectivity index (χ3v) is 4.59. The Morgan fingerprint density at radius 1 is 1.50 bits per heavy atom. The minimum atomic E-state index is -3.02. The molecule has 18 heavy (non-hydrogen) atoms. The van der Waals surface area contributed by atoms with Gasteiger partial charge in [0.25, 0.3) is 0 Å². The molecule has 1 amide bonds. The van der Waals surface area contributed by atoms with Gasteiger partial charge < -0.3 is 10.4 Å². The van der Waals surface area contributed by atoms with Crippen molar-refractivity contribution < 1.29 is 23.1 Å². The van der Waals surface area contributed by atoms with Gasteiger partial charge in [-0.1, -0.05) is 0 Å². The van der Waals surface area contributed by atoms with Gasteiger partial charge >= 0.3 is 5.97 Å². The van der Waals surface area contributed by atoms with Crippen LogP contribution in [0.3, 0.4) is 0 Å². The van der Waals surface area contributed by atoms with Gasteiger partial charge in [-0.3, -0.25) is 4.79 Å². The molecule has 0 aromatic rings. The lowest BCUT2D eigenvalue weighted by Crippen LogP contribution is -2.41. The van der Waals surface area contributed by atoms with E-state index < -0.39 is 27.8 Å². The lowest BCUT2D eigenvalue weighted by molar-refractivity contribution is -0.141. The zero-order valence-corrected chi connectivity index (χ0v) is 10.6. The second-order valence-electron chi connectivity index (χ2n) is 4.34. The van der Waals surface area contributed by atoms with Gasteiger partial charge in [-0.25, -0.2) is 13.2 Å². The van der Waals surface area contributed by atoms with Crippen LogP contribution in [0.1, 0.15) is 19.3 Å². The lowest BCUT2D eigenvalue weighted by Gasteiger charge is -2.13. The van der Waals surface area contributed by atoms with Crippen LogP contribution >= 0.6 is 0 Å². The van der Waals surface area contributed by atoms with Crippen LogP contribution in [-0.4, -0.2) is 42.9 Å². The van der Waals surface area contributed by atoms with Crippen molar-refractivity contribution in [1.82, 2.24) is 5.32 Å². The summed E-state index contributed by atoms with van der Waals surface area (Å²) in [7, 11) is -3.02. The lowest BCUT2D eigenvalue weighted by atomic mass is 10.0. The highest BCUT2D eigenvalue weighted by atomic mass is 32.2. The van der Waals surface area contributed by atoms with Gasteiger partial charge in [-0.05, 0) is 12.3 Å².